The summed E-state index contributed by atoms with van der Waals surface area (Å²) < 4.78 is 5.65. The number of rotatable bonds is 6. The van der Waals surface area contributed by atoms with Crippen molar-refractivity contribution in [2.75, 3.05) is 13.2 Å². The van der Waals surface area contributed by atoms with E-state index in [-0.39, 0.29) is 0 Å². The molecule has 1 aliphatic carbocycles. The molecule has 0 heterocycles. The fraction of sp³-hybridized carbons (Fsp3) is 0.600. The van der Waals surface area contributed by atoms with Gasteiger partial charge in [0.1, 0.15) is 5.75 Å². The summed E-state index contributed by atoms with van der Waals surface area (Å²) in [6.45, 7) is 1.82. The largest absolute Gasteiger partial charge is 0.494 e. The maximum atomic E-state index is 5.82. The van der Waals surface area contributed by atoms with Crippen LogP contribution in [-0.4, -0.2) is 19.2 Å². The van der Waals surface area contributed by atoms with Crippen LogP contribution in [0.3, 0.4) is 0 Å². The summed E-state index contributed by atoms with van der Waals surface area (Å²) in [5.41, 5.74) is 0. The zero-order chi connectivity index (χ0) is 12.6. The Balaban J connectivity index is 1.54. The highest BCUT2D eigenvalue weighted by molar-refractivity contribution is 6.30. The molecule has 0 radical (unpaired) electrons. The first-order valence-corrected chi connectivity index (χ1v) is 7.34. The van der Waals surface area contributed by atoms with E-state index >= 15 is 0 Å². The topological polar surface area (TPSA) is 21.3 Å². The molecule has 1 saturated carbocycles. The number of hydrogen-bond donors (Lipinski definition) is 1. The molecule has 0 atom stereocenters. The lowest BCUT2D eigenvalue weighted by Gasteiger charge is -2.22. The average molecular weight is 268 g/mol. The summed E-state index contributed by atoms with van der Waals surface area (Å²) >= 11 is 5.82. The second-order valence-electron chi connectivity index (χ2n) is 4.94. The van der Waals surface area contributed by atoms with E-state index in [0.717, 1.165) is 36.4 Å². The zero-order valence-electron chi connectivity index (χ0n) is 10.8. The monoisotopic (exact) mass is 267 g/mol. The summed E-state index contributed by atoms with van der Waals surface area (Å²) in [6.07, 6.45) is 7.94. The Morgan fingerprint density at radius 2 is 1.83 bits per heavy atom. The van der Waals surface area contributed by atoms with Crippen LogP contribution in [-0.2, 0) is 0 Å². The Labute approximate surface area is 115 Å². The number of benzene rings is 1. The number of hydrogen-bond acceptors (Lipinski definition) is 2. The zero-order valence-corrected chi connectivity index (χ0v) is 11.6. The molecule has 1 aliphatic rings. The van der Waals surface area contributed by atoms with Crippen LogP contribution in [0.15, 0.2) is 24.3 Å². The van der Waals surface area contributed by atoms with Crippen molar-refractivity contribution in [1.29, 1.82) is 0 Å². The molecule has 0 aromatic heterocycles. The van der Waals surface area contributed by atoms with E-state index in [4.69, 9.17) is 16.3 Å². The summed E-state index contributed by atoms with van der Waals surface area (Å²) in [5.74, 6) is 0.900. The molecule has 2 rings (SSSR count). The Morgan fingerprint density at radius 3 is 2.56 bits per heavy atom. The van der Waals surface area contributed by atoms with Gasteiger partial charge in [-0.15, -0.1) is 0 Å². The lowest BCUT2D eigenvalue weighted by atomic mass is 9.95. The van der Waals surface area contributed by atoms with Gasteiger partial charge < -0.3 is 10.1 Å². The van der Waals surface area contributed by atoms with E-state index in [0.29, 0.717) is 0 Å². The molecule has 1 fully saturated rings. The van der Waals surface area contributed by atoms with Gasteiger partial charge in [0, 0.05) is 11.1 Å². The summed E-state index contributed by atoms with van der Waals surface area (Å²) in [7, 11) is 0. The predicted molar refractivity (Wildman–Crippen MR) is 76.4 cm³/mol. The second kappa shape index (κ2) is 7.65. The smallest absolute Gasteiger partial charge is 0.119 e. The standard InChI is InChI=1S/C15H22ClNO/c16-13-7-9-15(10-8-13)18-12-4-11-17-14-5-2-1-3-6-14/h7-10,14,17H,1-6,11-12H2. The van der Waals surface area contributed by atoms with Gasteiger partial charge in [-0.05, 0) is 50.1 Å². The molecule has 0 spiro atoms. The third-order valence-electron chi connectivity index (χ3n) is 3.44. The Bertz CT molecular complexity index is 333. The molecule has 100 valence electrons. The number of nitrogens with one attached hydrogen (secondary N) is 1. The van der Waals surface area contributed by atoms with Crippen molar-refractivity contribution in [3.05, 3.63) is 29.3 Å². The molecule has 1 aromatic carbocycles. The number of halogens is 1. The highest BCUT2D eigenvalue weighted by atomic mass is 35.5. The molecule has 1 aromatic rings. The maximum absolute atomic E-state index is 5.82. The minimum absolute atomic E-state index is 0.745. The predicted octanol–water partition coefficient (Wildman–Crippen LogP) is 4.03. The molecule has 18 heavy (non-hydrogen) atoms. The molecule has 1 N–H and O–H groups in total. The van der Waals surface area contributed by atoms with Gasteiger partial charge in [-0.25, -0.2) is 0 Å². The first-order valence-electron chi connectivity index (χ1n) is 6.96. The van der Waals surface area contributed by atoms with Gasteiger partial charge in [-0.3, -0.25) is 0 Å². The van der Waals surface area contributed by atoms with Crippen molar-refractivity contribution in [3.8, 4) is 5.75 Å². The molecule has 0 bridgehead atoms. The Hall–Kier alpha value is -0.730. The number of ether oxygens (including phenoxy) is 1. The highest BCUT2D eigenvalue weighted by Gasteiger charge is 2.11. The molecule has 0 saturated heterocycles. The molecule has 0 amide bonds. The molecule has 2 nitrogen and oxygen atoms in total. The van der Waals surface area contributed by atoms with Crippen molar-refractivity contribution in [1.82, 2.24) is 5.32 Å². The van der Waals surface area contributed by atoms with E-state index in [1.807, 2.05) is 24.3 Å². The van der Waals surface area contributed by atoms with Gasteiger partial charge >= 0.3 is 0 Å². The van der Waals surface area contributed by atoms with E-state index < -0.39 is 0 Å². The minimum Gasteiger partial charge on any atom is -0.494 e. The molecule has 0 aliphatic heterocycles. The van der Waals surface area contributed by atoms with Crippen LogP contribution < -0.4 is 10.1 Å². The van der Waals surface area contributed by atoms with Crippen LogP contribution in [0, 0.1) is 0 Å². The summed E-state index contributed by atoms with van der Waals surface area (Å²) in [6, 6.07) is 8.29. The third kappa shape index (κ3) is 4.87. The average Bonchev–Trinajstić information content (AvgIpc) is 2.42. The van der Waals surface area contributed by atoms with Crippen molar-refractivity contribution < 1.29 is 4.74 Å². The second-order valence-corrected chi connectivity index (χ2v) is 5.38. The van der Waals surface area contributed by atoms with Gasteiger partial charge in [-0.2, -0.15) is 0 Å². The van der Waals surface area contributed by atoms with Crippen molar-refractivity contribution in [2.24, 2.45) is 0 Å². The summed E-state index contributed by atoms with van der Waals surface area (Å²) in [4.78, 5) is 0. The fourth-order valence-electron chi connectivity index (χ4n) is 2.41. The van der Waals surface area contributed by atoms with E-state index in [9.17, 15) is 0 Å². The first kappa shape index (κ1) is 13.7. The quantitative estimate of drug-likeness (QED) is 0.786. The lowest BCUT2D eigenvalue weighted by molar-refractivity contribution is 0.297. The minimum atomic E-state index is 0.745. The van der Waals surface area contributed by atoms with Gasteiger partial charge in [0.2, 0.25) is 0 Å². The van der Waals surface area contributed by atoms with Crippen LogP contribution in [0.2, 0.25) is 5.02 Å². The van der Waals surface area contributed by atoms with Gasteiger partial charge in [0.05, 0.1) is 6.61 Å². The van der Waals surface area contributed by atoms with Crippen LogP contribution in [0.25, 0.3) is 0 Å². The Morgan fingerprint density at radius 1 is 1.11 bits per heavy atom. The van der Waals surface area contributed by atoms with Crippen LogP contribution in [0.5, 0.6) is 5.75 Å². The van der Waals surface area contributed by atoms with Crippen LogP contribution >= 0.6 is 11.6 Å². The molecular weight excluding hydrogens is 246 g/mol. The SMILES string of the molecule is Clc1ccc(OCCCNC2CCCCC2)cc1. The highest BCUT2D eigenvalue weighted by Crippen LogP contribution is 2.17. The molecular formula is C15H22ClNO. The van der Waals surface area contributed by atoms with Gasteiger partial charge in [0.15, 0.2) is 0 Å². The van der Waals surface area contributed by atoms with E-state index in [2.05, 4.69) is 5.32 Å². The lowest BCUT2D eigenvalue weighted by Crippen LogP contribution is -2.32. The molecule has 3 heteroatoms. The maximum Gasteiger partial charge on any atom is 0.119 e. The molecule has 0 unspecified atom stereocenters. The van der Waals surface area contributed by atoms with E-state index in [1.165, 1.54) is 32.1 Å². The van der Waals surface area contributed by atoms with Crippen LogP contribution in [0.1, 0.15) is 38.5 Å². The van der Waals surface area contributed by atoms with Gasteiger partial charge in [-0.1, -0.05) is 30.9 Å². The normalized spacial score (nSPS) is 16.7. The third-order valence-corrected chi connectivity index (χ3v) is 3.69. The van der Waals surface area contributed by atoms with Gasteiger partial charge in [0.25, 0.3) is 0 Å². The van der Waals surface area contributed by atoms with Crippen molar-refractivity contribution >= 4 is 11.6 Å². The van der Waals surface area contributed by atoms with Crippen molar-refractivity contribution in [2.45, 2.75) is 44.6 Å². The summed E-state index contributed by atoms with van der Waals surface area (Å²) in [5, 5.41) is 4.37. The first-order chi connectivity index (χ1) is 8.84. The fourth-order valence-corrected chi connectivity index (χ4v) is 2.53. The van der Waals surface area contributed by atoms with E-state index in [1.54, 1.807) is 0 Å². The van der Waals surface area contributed by atoms with Crippen molar-refractivity contribution in [3.63, 3.8) is 0 Å². The Kier molecular flexibility index (Phi) is 5.82. The van der Waals surface area contributed by atoms with Crippen LogP contribution in [0.4, 0.5) is 0 Å².